The van der Waals surface area contributed by atoms with Gasteiger partial charge in [-0.05, 0) is 69.6 Å². The van der Waals surface area contributed by atoms with E-state index in [-0.39, 0.29) is 23.5 Å². The Morgan fingerprint density at radius 1 is 1.23 bits per heavy atom. The third-order valence-electron chi connectivity index (χ3n) is 6.25. The summed E-state index contributed by atoms with van der Waals surface area (Å²) in [4.78, 5) is 15.5. The highest BCUT2D eigenvalue weighted by atomic mass is 35.5. The van der Waals surface area contributed by atoms with Crippen molar-refractivity contribution in [2.24, 2.45) is 5.92 Å². The first-order valence-corrected chi connectivity index (χ1v) is 11.3. The van der Waals surface area contributed by atoms with Gasteiger partial charge >= 0.3 is 0 Å². The normalized spacial score (nSPS) is 21.1. The predicted octanol–water partition coefficient (Wildman–Crippen LogP) is 4.98. The average molecular weight is 443 g/mol. The quantitative estimate of drug-likeness (QED) is 0.709. The van der Waals surface area contributed by atoms with Crippen molar-refractivity contribution in [1.29, 1.82) is 0 Å². The predicted molar refractivity (Wildman–Crippen MR) is 123 cm³/mol. The number of benzene rings is 2. The van der Waals surface area contributed by atoms with Crippen molar-refractivity contribution in [3.63, 3.8) is 0 Å². The summed E-state index contributed by atoms with van der Waals surface area (Å²) in [5.74, 6) is 1.74. The Balaban J connectivity index is 1.37. The summed E-state index contributed by atoms with van der Waals surface area (Å²) in [6.07, 6.45) is 2.48. The van der Waals surface area contributed by atoms with E-state index in [2.05, 4.69) is 30.1 Å². The zero-order valence-corrected chi connectivity index (χ0v) is 19.2. The maximum atomic E-state index is 13.1. The van der Waals surface area contributed by atoms with Crippen LogP contribution in [0, 0.1) is 5.92 Å². The number of ether oxygens (including phenoxy) is 2. The Bertz CT molecular complexity index is 938. The molecule has 1 amide bonds. The lowest BCUT2D eigenvalue weighted by molar-refractivity contribution is -0.127. The molecule has 1 atom stereocenters. The van der Waals surface area contributed by atoms with E-state index in [0.29, 0.717) is 0 Å². The van der Waals surface area contributed by atoms with Crippen LogP contribution in [-0.2, 0) is 11.3 Å². The van der Waals surface area contributed by atoms with Crippen molar-refractivity contribution in [2.45, 2.75) is 51.3 Å². The van der Waals surface area contributed by atoms with E-state index in [0.717, 1.165) is 61.0 Å². The van der Waals surface area contributed by atoms with Gasteiger partial charge in [-0.2, -0.15) is 0 Å². The molecule has 31 heavy (non-hydrogen) atoms. The number of nitrogens with zero attached hydrogens (tertiary/aromatic N) is 1. The third-order valence-corrected chi connectivity index (χ3v) is 6.48. The van der Waals surface area contributed by atoms with Crippen LogP contribution in [0.4, 0.5) is 0 Å². The molecule has 2 aliphatic rings. The third kappa shape index (κ3) is 5.34. The van der Waals surface area contributed by atoms with Gasteiger partial charge in [-0.3, -0.25) is 9.69 Å². The molecule has 2 aliphatic heterocycles. The molecular weight excluding hydrogens is 412 g/mol. The summed E-state index contributed by atoms with van der Waals surface area (Å²) >= 11 is 6.11. The zero-order chi connectivity index (χ0) is 22.0. The minimum atomic E-state index is -0.350. The summed E-state index contributed by atoms with van der Waals surface area (Å²) in [6.45, 7) is 6.82. The fourth-order valence-electron chi connectivity index (χ4n) is 4.62. The first-order valence-electron chi connectivity index (χ1n) is 11.0. The molecule has 6 heteroatoms. The van der Waals surface area contributed by atoms with Gasteiger partial charge in [-0.15, -0.1) is 0 Å². The smallest absolute Gasteiger partial charge is 0.223 e. The van der Waals surface area contributed by atoms with Crippen LogP contribution in [-0.4, -0.2) is 36.6 Å². The van der Waals surface area contributed by atoms with Crippen LogP contribution in [0.25, 0.3) is 0 Å². The van der Waals surface area contributed by atoms with Gasteiger partial charge in [0.15, 0.2) is 0 Å². The lowest BCUT2D eigenvalue weighted by atomic mass is 9.88. The molecule has 0 saturated carbocycles. The summed E-state index contributed by atoms with van der Waals surface area (Å²) in [6, 6.07) is 13.8. The van der Waals surface area contributed by atoms with E-state index < -0.39 is 0 Å². The maximum Gasteiger partial charge on any atom is 0.223 e. The van der Waals surface area contributed by atoms with Crippen LogP contribution in [0.2, 0.25) is 5.02 Å². The number of piperidine rings is 1. The number of halogens is 1. The molecule has 2 aromatic carbocycles. The van der Waals surface area contributed by atoms with Gasteiger partial charge in [-0.25, -0.2) is 0 Å². The largest absolute Gasteiger partial charge is 0.497 e. The average Bonchev–Trinajstić information content (AvgIpc) is 2.73. The first-order chi connectivity index (χ1) is 14.8. The summed E-state index contributed by atoms with van der Waals surface area (Å²) in [5.41, 5.74) is 1.89. The number of fused-ring (bicyclic) bond motifs is 1. The Morgan fingerprint density at radius 2 is 2.00 bits per heavy atom. The number of likely N-dealkylation sites (tertiary alicyclic amines) is 1. The number of amides is 1. The zero-order valence-electron chi connectivity index (χ0n) is 18.5. The Hall–Kier alpha value is -2.24. The number of hydrogen-bond acceptors (Lipinski definition) is 4. The molecule has 1 unspecified atom stereocenters. The fourth-order valence-corrected chi connectivity index (χ4v) is 4.84. The molecule has 0 aromatic heterocycles. The van der Waals surface area contributed by atoms with E-state index in [1.165, 1.54) is 5.56 Å². The summed E-state index contributed by atoms with van der Waals surface area (Å²) < 4.78 is 11.5. The van der Waals surface area contributed by atoms with Crippen molar-refractivity contribution < 1.29 is 14.3 Å². The van der Waals surface area contributed by atoms with Crippen molar-refractivity contribution in [1.82, 2.24) is 10.2 Å². The van der Waals surface area contributed by atoms with Gasteiger partial charge in [-0.1, -0.05) is 23.7 Å². The minimum Gasteiger partial charge on any atom is -0.497 e. The highest BCUT2D eigenvalue weighted by Crippen LogP contribution is 2.41. The first kappa shape index (κ1) is 22.0. The molecule has 1 saturated heterocycles. The molecule has 4 rings (SSSR count). The molecule has 1 N–H and O–H groups in total. The number of hydrogen-bond donors (Lipinski definition) is 1. The lowest BCUT2D eigenvalue weighted by Crippen LogP contribution is -2.45. The van der Waals surface area contributed by atoms with E-state index in [4.69, 9.17) is 21.1 Å². The van der Waals surface area contributed by atoms with Crippen LogP contribution in [0.3, 0.4) is 0 Å². The molecular formula is C25H31ClN2O3. The topological polar surface area (TPSA) is 50.8 Å². The molecule has 2 aromatic rings. The molecule has 0 spiro atoms. The van der Waals surface area contributed by atoms with Crippen molar-refractivity contribution in [2.75, 3.05) is 20.2 Å². The van der Waals surface area contributed by atoms with Gasteiger partial charge in [0.2, 0.25) is 5.91 Å². The van der Waals surface area contributed by atoms with Crippen molar-refractivity contribution >= 4 is 17.5 Å². The Morgan fingerprint density at radius 3 is 2.71 bits per heavy atom. The molecule has 5 nitrogen and oxygen atoms in total. The SMILES string of the molecule is COc1ccc2c(c1)OC(C)(C)CC2NC(=O)C1CCN(Cc2cccc(Cl)c2)CC1. The standard InChI is InChI=1S/C25H31ClN2O3/c1-25(2)15-22(21-8-7-20(30-3)14-23(21)31-25)27-24(29)18-9-11-28(12-10-18)16-17-5-4-6-19(26)13-17/h4-8,13-14,18,22H,9-12,15-16H2,1-3H3,(H,27,29). The number of carbonyl (C=O) groups is 1. The van der Waals surface area contributed by atoms with E-state index in [9.17, 15) is 4.79 Å². The number of methoxy groups -OCH3 is 1. The monoisotopic (exact) mass is 442 g/mol. The second-order valence-corrected chi connectivity index (χ2v) is 9.65. The number of rotatable bonds is 5. The minimum absolute atomic E-state index is 0.0447. The molecule has 0 radical (unpaired) electrons. The van der Waals surface area contributed by atoms with Crippen LogP contribution in [0.5, 0.6) is 11.5 Å². The Kier molecular flexibility index (Phi) is 6.44. The van der Waals surface area contributed by atoms with E-state index >= 15 is 0 Å². The van der Waals surface area contributed by atoms with Crippen molar-refractivity contribution in [3.8, 4) is 11.5 Å². The van der Waals surface area contributed by atoms with E-state index in [1.807, 2.05) is 36.4 Å². The van der Waals surface area contributed by atoms with Gasteiger partial charge in [0, 0.05) is 35.5 Å². The van der Waals surface area contributed by atoms with Crippen LogP contribution < -0.4 is 14.8 Å². The fraction of sp³-hybridized carbons (Fsp3) is 0.480. The second kappa shape index (κ2) is 9.09. The highest BCUT2D eigenvalue weighted by Gasteiger charge is 2.36. The van der Waals surface area contributed by atoms with E-state index in [1.54, 1.807) is 7.11 Å². The lowest BCUT2D eigenvalue weighted by Gasteiger charge is -2.39. The van der Waals surface area contributed by atoms with Crippen LogP contribution in [0.1, 0.15) is 50.3 Å². The number of carbonyl (C=O) groups excluding carboxylic acids is 1. The molecule has 0 aliphatic carbocycles. The number of nitrogens with one attached hydrogen (secondary N) is 1. The van der Waals surface area contributed by atoms with Gasteiger partial charge in [0.25, 0.3) is 0 Å². The molecule has 2 heterocycles. The summed E-state index contributed by atoms with van der Waals surface area (Å²) in [5, 5.41) is 4.08. The molecule has 0 bridgehead atoms. The van der Waals surface area contributed by atoms with Crippen LogP contribution in [0.15, 0.2) is 42.5 Å². The van der Waals surface area contributed by atoms with Gasteiger partial charge < -0.3 is 14.8 Å². The van der Waals surface area contributed by atoms with Crippen LogP contribution >= 0.6 is 11.6 Å². The van der Waals surface area contributed by atoms with Gasteiger partial charge in [0.05, 0.1) is 13.2 Å². The summed E-state index contributed by atoms with van der Waals surface area (Å²) in [7, 11) is 1.65. The van der Waals surface area contributed by atoms with Crippen molar-refractivity contribution in [3.05, 3.63) is 58.6 Å². The second-order valence-electron chi connectivity index (χ2n) is 9.21. The maximum absolute atomic E-state index is 13.1. The molecule has 166 valence electrons. The Labute approximate surface area is 189 Å². The highest BCUT2D eigenvalue weighted by molar-refractivity contribution is 6.30. The molecule has 1 fully saturated rings. The van der Waals surface area contributed by atoms with Gasteiger partial charge in [0.1, 0.15) is 17.1 Å².